The lowest BCUT2D eigenvalue weighted by Crippen LogP contribution is -2.56. The van der Waals surface area contributed by atoms with Gasteiger partial charge in [0.25, 0.3) is 5.91 Å². The summed E-state index contributed by atoms with van der Waals surface area (Å²) in [6.07, 6.45) is 3.57. The molecule has 3 atom stereocenters. The summed E-state index contributed by atoms with van der Waals surface area (Å²) in [6, 6.07) is 12.6. The topological polar surface area (TPSA) is 108 Å². The molecule has 214 valence electrons. The molecule has 1 N–H and O–H groups in total. The number of para-hydroxylation sites is 1. The number of ether oxygens (including phenoxy) is 2. The summed E-state index contributed by atoms with van der Waals surface area (Å²) < 4.78 is 39.6. The fraction of sp³-hybridized carbons (Fsp3) is 0.517. The summed E-state index contributed by atoms with van der Waals surface area (Å²) in [5.41, 5.74) is 0.724. The van der Waals surface area contributed by atoms with E-state index in [0.717, 1.165) is 30.6 Å². The average Bonchev–Trinajstić information content (AvgIpc) is 3.62. The Morgan fingerprint density at radius 2 is 1.70 bits per heavy atom. The van der Waals surface area contributed by atoms with Gasteiger partial charge >= 0.3 is 0 Å². The number of benzene rings is 2. The maximum atomic E-state index is 14.4. The van der Waals surface area contributed by atoms with Crippen LogP contribution in [0.3, 0.4) is 0 Å². The molecule has 11 heteroatoms. The maximum absolute atomic E-state index is 14.4. The van der Waals surface area contributed by atoms with Crippen LogP contribution in [0.2, 0.25) is 0 Å². The van der Waals surface area contributed by atoms with E-state index in [0.29, 0.717) is 43.9 Å². The summed E-state index contributed by atoms with van der Waals surface area (Å²) >= 11 is 0. The first-order valence-electron chi connectivity index (χ1n) is 14.0. The third kappa shape index (κ3) is 4.01. The smallest absolute Gasteiger partial charge is 0.253 e. The van der Waals surface area contributed by atoms with Gasteiger partial charge in [0.15, 0.2) is 11.5 Å². The van der Waals surface area contributed by atoms with Crippen LogP contribution in [0.15, 0.2) is 47.4 Å². The number of sulfonamides is 1. The zero-order valence-corrected chi connectivity index (χ0v) is 23.8. The largest absolute Gasteiger partial charge is 0.493 e. The van der Waals surface area contributed by atoms with Crippen LogP contribution in [0.5, 0.6) is 11.5 Å². The van der Waals surface area contributed by atoms with Crippen molar-refractivity contribution in [1.82, 2.24) is 14.5 Å². The van der Waals surface area contributed by atoms with E-state index in [-0.39, 0.29) is 35.8 Å². The van der Waals surface area contributed by atoms with Crippen molar-refractivity contribution in [2.24, 2.45) is 5.92 Å². The number of nitrogens with zero attached hydrogens (tertiary/aromatic N) is 3. The van der Waals surface area contributed by atoms with Crippen LogP contribution >= 0.6 is 0 Å². The number of hydrogen-bond donors (Lipinski definition) is 1. The number of carbonyl (C=O) groups is 2. The Labute approximate surface area is 235 Å². The number of rotatable bonds is 4. The van der Waals surface area contributed by atoms with Gasteiger partial charge in [0.1, 0.15) is 5.54 Å². The number of carbonyl (C=O) groups excluding carboxylic acids is 2. The molecule has 0 aromatic heterocycles. The Morgan fingerprint density at radius 1 is 0.925 bits per heavy atom. The molecule has 0 unspecified atom stereocenters. The first-order chi connectivity index (χ1) is 19.3. The van der Waals surface area contributed by atoms with Crippen LogP contribution in [-0.2, 0) is 25.2 Å². The van der Waals surface area contributed by atoms with Crippen molar-refractivity contribution in [3.05, 3.63) is 48.0 Å². The molecule has 4 heterocycles. The Balaban J connectivity index is 1.34. The first-order valence-corrected chi connectivity index (χ1v) is 15.5. The van der Waals surface area contributed by atoms with Crippen LogP contribution in [0.4, 0.5) is 5.69 Å². The highest BCUT2D eigenvalue weighted by molar-refractivity contribution is 7.89. The van der Waals surface area contributed by atoms with E-state index in [1.54, 1.807) is 11.0 Å². The Morgan fingerprint density at radius 3 is 2.50 bits per heavy atom. The molecule has 2 aromatic carbocycles. The van der Waals surface area contributed by atoms with E-state index >= 15 is 0 Å². The maximum Gasteiger partial charge on any atom is 0.253 e. The van der Waals surface area contributed by atoms with E-state index in [9.17, 15) is 18.0 Å². The van der Waals surface area contributed by atoms with E-state index in [4.69, 9.17) is 9.47 Å². The molecule has 6 rings (SSSR count). The van der Waals surface area contributed by atoms with Gasteiger partial charge in [-0.1, -0.05) is 18.2 Å². The van der Waals surface area contributed by atoms with Crippen molar-refractivity contribution in [2.75, 3.05) is 51.8 Å². The first kappa shape index (κ1) is 27.0. The summed E-state index contributed by atoms with van der Waals surface area (Å²) in [7, 11) is -0.908. The van der Waals surface area contributed by atoms with Crippen molar-refractivity contribution in [3.8, 4) is 11.5 Å². The quantitative estimate of drug-likeness (QED) is 0.603. The van der Waals surface area contributed by atoms with Crippen molar-refractivity contribution < 1.29 is 27.5 Å². The zero-order chi connectivity index (χ0) is 28.1. The van der Waals surface area contributed by atoms with Crippen molar-refractivity contribution in [1.29, 1.82) is 0 Å². The van der Waals surface area contributed by atoms with Gasteiger partial charge in [-0.25, -0.2) is 8.42 Å². The molecule has 4 aliphatic heterocycles. The van der Waals surface area contributed by atoms with Crippen LogP contribution in [0.25, 0.3) is 0 Å². The summed E-state index contributed by atoms with van der Waals surface area (Å²) in [6.45, 7) is 1.96. The molecule has 2 bridgehead atoms. The van der Waals surface area contributed by atoms with Gasteiger partial charge < -0.3 is 19.7 Å². The second kappa shape index (κ2) is 10.4. The predicted octanol–water partition coefficient (Wildman–Crippen LogP) is 2.33. The van der Waals surface area contributed by atoms with Gasteiger partial charge in [0, 0.05) is 49.5 Å². The molecular formula is C29H36N4O6S. The summed E-state index contributed by atoms with van der Waals surface area (Å²) in [5.74, 6) is 0.0987. The number of fused-ring (bicyclic) bond motifs is 4. The second-order valence-electron chi connectivity index (χ2n) is 10.9. The molecule has 4 aliphatic rings. The molecule has 2 amide bonds. The molecule has 3 saturated heterocycles. The van der Waals surface area contributed by atoms with E-state index in [1.165, 1.54) is 30.7 Å². The molecule has 3 fully saturated rings. The monoisotopic (exact) mass is 568 g/mol. The predicted molar refractivity (Wildman–Crippen MR) is 149 cm³/mol. The van der Waals surface area contributed by atoms with E-state index in [2.05, 4.69) is 10.2 Å². The fourth-order valence-electron chi connectivity index (χ4n) is 7.26. The summed E-state index contributed by atoms with van der Waals surface area (Å²) in [4.78, 5) is 32.3. The SMILES string of the molecule is COc1ccc(S(=O)(=O)N2CCCNC(=O)[C@@H]3C[C@@H]4CCCN4[C@@]34C(=O)N(CCC2)c2ccccc24)cc1OC. The molecule has 10 nitrogen and oxygen atoms in total. The molecule has 2 aromatic rings. The minimum atomic E-state index is -3.87. The Hall–Kier alpha value is -3.15. The fourth-order valence-corrected chi connectivity index (χ4v) is 8.79. The van der Waals surface area contributed by atoms with Crippen molar-refractivity contribution >= 4 is 27.5 Å². The third-order valence-electron chi connectivity index (χ3n) is 9.00. The van der Waals surface area contributed by atoms with Crippen molar-refractivity contribution in [3.63, 3.8) is 0 Å². The van der Waals surface area contributed by atoms with Gasteiger partial charge in [-0.05, 0) is 56.8 Å². The number of methoxy groups -OCH3 is 2. The van der Waals surface area contributed by atoms with Gasteiger partial charge in [0.05, 0.1) is 25.0 Å². The molecule has 40 heavy (non-hydrogen) atoms. The van der Waals surface area contributed by atoms with Gasteiger partial charge in [-0.15, -0.1) is 0 Å². The van der Waals surface area contributed by atoms with Crippen LogP contribution in [-0.4, -0.2) is 82.4 Å². The molecule has 1 spiro atoms. The Kier molecular flexibility index (Phi) is 7.00. The van der Waals surface area contributed by atoms with E-state index in [1.807, 2.05) is 24.3 Å². The third-order valence-corrected chi connectivity index (χ3v) is 10.9. The van der Waals surface area contributed by atoms with Gasteiger partial charge in [0.2, 0.25) is 15.9 Å². The lowest BCUT2D eigenvalue weighted by molar-refractivity contribution is -0.138. The molecule has 0 aliphatic carbocycles. The van der Waals surface area contributed by atoms with Crippen LogP contribution in [0, 0.1) is 5.92 Å². The van der Waals surface area contributed by atoms with Gasteiger partial charge in [-0.2, -0.15) is 4.31 Å². The molecule has 0 saturated carbocycles. The minimum absolute atomic E-state index is 0.0632. The van der Waals surface area contributed by atoms with Crippen LogP contribution in [0.1, 0.15) is 37.7 Å². The highest BCUT2D eigenvalue weighted by Crippen LogP contribution is 2.57. The van der Waals surface area contributed by atoms with Crippen molar-refractivity contribution in [2.45, 2.75) is 48.6 Å². The van der Waals surface area contributed by atoms with E-state index < -0.39 is 21.5 Å². The lowest BCUT2D eigenvalue weighted by atomic mass is 9.78. The number of anilines is 1. The molecular weight excluding hydrogens is 532 g/mol. The summed E-state index contributed by atoms with van der Waals surface area (Å²) in [5, 5.41) is 3.06. The number of amides is 2. The van der Waals surface area contributed by atoms with Gasteiger partial charge in [-0.3, -0.25) is 14.5 Å². The number of nitrogens with one attached hydrogen (secondary N) is 1. The normalized spacial score (nSPS) is 27.6. The second-order valence-corrected chi connectivity index (χ2v) is 12.9. The Bertz CT molecular complexity index is 1430. The lowest BCUT2D eigenvalue weighted by Gasteiger charge is -2.37. The zero-order valence-electron chi connectivity index (χ0n) is 23.0. The molecule has 0 radical (unpaired) electrons. The minimum Gasteiger partial charge on any atom is -0.493 e. The highest BCUT2D eigenvalue weighted by Gasteiger charge is 2.67. The highest BCUT2D eigenvalue weighted by atomic mass is 32.2. The standard InChI is InChI=1S/C29H36N4O6S/c1-38-25-12-11-21(19-26(25)39-2)40(36,37)31-14-6-13-30-27(34)23-18-20-8-5-17-33(20)29(23)22-9-3-4-10-24(22)32(28(29)35)16-7-15-31/h3-4,9-12,19-20,23H,5-8,13-18H2,1-2H3,(H,30,34)/t20-,23-,29+/m0/s1. The van der Waals surface area contributed by atoms with Crippen LogP contribution < -0.4 is 19.7 Å². The number of hydrogen-bond acceptors (Lipinski definition) is 7. The average molecular weight is 569 g/mol.